The summed E-state index contributed by atoms with van der Waals surface area (Å²) in [5, 5.41) is 6.57. The molecule has 0 spiro atoms. The molecule has 2 N–H and O–H groups in total. The zero-order chi connectivity index (χ0) is 18.0. The second-order valence-electron chi connectivity index (χ2n) is 6.21. The van der Waals surface area contributed by atoms with Crippen molar-refractivity contribution in [3.63, 3.8) is 0 Å². The first-order valence-electron chi connectivity index (χ1n) is 8.72. The summed E-state index contributed by atoms with van der Waals surface area (Å²) in [4.78, 5) is 11.4. The number of methoxy groups -OCH3 is 1. The van der Waals surface area contributed by atoms with E-state index in [4.69, 9.17) is 4.74 Å². The van der Waals surface area contributed by atoms with Gasteiger partial charge in [0.1, 0.15) is 5.82 Å². The van der Waals surface area contributed by atoms with Crippen LogP contribution in [0, 0.1) is 0 Å². The number of hydrogen-bond acceptors (Lipinski definition) is 4. The van der Waals surface area contributed by atoms with Crippen molar-refractivity contribution in [2.75, 3.05) is 38.2 Å². The number of anilines is 1. The Hall–Kier alpha value is -1.09. The first kappa shape index (κ1) is 23.9. The largest absolute Gasteiger partial charge is 0.377 e. The molecular formula is C18H34IN5O. The summed E-state index contributed by atoms with van der Waals surface area (Å²) < 4.78 is 5.43. The molecular weight excluding hydrogens is 429 g/mol. The van der Waals surface area contributed by atoms with Crippen LogP contribution in [0.2, 0.25) is 0 Å². The van der Waals surface area contributed by atoms with Crippen molar-refractivity contribution < 1.29 is 4.74 Å². The summed E-state index contributed by atoms with van der Waals surface area (Å²) in [6.07, 6.45) is 1.90. The Morgan fingerprint density at radius 2 is 1.88 bits per heavy atom. The second-order valence-corrected chi connectivity index (χ2v) is 6.21. The van der Waals surface area contributed by atoms with Crippen LogP contribution in [0.15, 0.2) is 23.3 Å². The van der Waals surface area contributed by atoms with Crippen molar-refractivity contribution in [1.82, 2.24) is 15.6 Å². The van der Waals surface area contributed by atoms with E-state index < -0.39 is 0 Å². The van der Waals surface area contributed by atoms with Crippen molar-refractivity contribution in [2.24, 2.45) is 4.99 Å². The normalized spacial score (nSPS) is 11.7. The summed E-state index contributed by atoms with van der Waals surface area (Å²) in [5.41, 5.74) is 0.859. The summed E-state index contributed by atoms with van der Waals surface area (Å²) in [6.45, 7) is 14.4. The van der Waals surface area contributed by atoms with E-state index in [0.29, 0.717) is 13.1 Å². The first-order chi connectivity index (χ1) is 11.5. The van der Waals surface area contributed by atoms with Crippen LogP contribution in [-0.4, -0.2) is 49.8 Å². The van der Waals surface area contributed by atoms with E-state index in [1.54, 1.807) is 7.11 Å². The number of ether oxygens (including phenoxy) is 1. The minimum absolute atomic E-state index is 0. The minimum Gasteiger partial charge on any atom is -0.377 e. The smallest absolute Gasteiger partial charge is 0.191 e. The fraction of sp³-hybridized carbons (Fsp3) is 0.667. The number of aliphatic imine (C=N–C) groups is 1. The number of rotatable bonds is 9. The average Bonchev–Trinajstić information content (AvgIpc) is 2.59. The second kappa shape index (κ2) is 12.3. The quantitative estimate of drug-likeness (QED) is 0.335. The Morgan fingerprint density at radius 1 is 1.20 bits per heavy atom. The van der Waals surface area contributed by atoms with Gasteiger partial charge in [0.25, 0.3) is 0 Å². The lowest BCUT2D eigenvalue weighted by Crippen LogP contribution is -2.45. The molecule has 0 saturated heterocycles. The number of pyridine rings is 1. The molecule has 1 aromatic rings. The number of nitrogens with one attached hydrogen (secondary N) is 2. The lowest BCUT2D eigenvalue weighted by Gasteiger charge is -2.24. The molecule has 0 aromatic carbocycles. The number of aromatic nitrogens is 1. The fourth-order valence-corrected chi connectivity index (χ4v) is 2.13. The van der Waals surface area contributed by atoms with E-state index in [9.17, 15) is 0 Å². The molecule has 0 saturated carbocycles. The van der Waals surface area contributed by atoms with Crippen molar-refractivity contribution in [2.45, 2.75) is 46.8 Å². The zero-order valence-electron chi connectivity index (χ0n) is 16.4. The van der Waals surface area contributed by atoms with Crippen LogP contribution < -0.4 is 15.5 Å². The topological polar surface area (TPSA) is 61.8 Å². The monoisotopic (exact) mass is 463 g/mol. The van der Waals surface area contributed by atoms with Gasteiger partial charge in [-0.1, -0.05) is 6.07 Å². The van der Waals surface area contributed by atoms with Gasteiger partial charge < -0.3 is 20.3 Å². The fourth-order valence-electron chi connectivity index (χ4n) is 2.13. The van der Waals surface area contributed by atoms with Crippen LogP contribution in [0.1, 0.15) is 40.2 Å². The van der Waals surface area contributed by atoms with Gasteiger partial charge in [0, 0.05) is 39.5 Å². The Morgan fingerprint density at radius 3 is 2.36 bits per heavy atom. The highest BCUT2D eigenvalue weighted by molar-refractivity contribution is 14.0. The molecule has 0 bridgehead atoms. The van der Waals surface area contributed by atoms with Crippen LogP contribution >= 0.6 is 24.0 Å². The predicted octanol–water partition coefficient (Wildman–Crippen LogP) is 3.03. The number of halogens is 1. The van der Waals surface area contributed by atoms with E-state index in [-0.39, 0.29) is 29.6 Å². The Bertz CT molecular complexity index is 501. The molecule has 0 aliphatic rings. The Balaban J connectivity index is 0.00000576. The van der Waals surface area contributed by atoms with Gasteiger partial charge in [-0.3, -0.25) is 0 Å². The van der Waals surface area contributed by atoms with Gasteiger partial charge in [-0.15, -0.1) is 24.0 Å². The molecule has 144 valence electrons. The summed E-state index contributed by atoms with van der Waals surface area (Å²) >= 11 is 0. The lowest BCUT2D eigenvalue weighted by atomic mass is 10.1. The maximum Gasteiger partial charge on any atom is 0.191 e. The molecule has 25 heavy (non-hydrogen) atoms. The molecule has 0 atom stereocenters. The van der Waals surface area contributed by atoms with Gasteiger partial charge in [0.2, 0.25) is 0 Å². The van der Waals surface area contributed by atoms with E-state index in [2.05, 4.69) is 58.4 Å². The van der Waals surface area contributed by atoms with Crippen LogP contribution in [0.4, 0.5) is 5.82 Å². The third kappa shape index (κ3) is 8.71. The average molecular weight is 463 g/mol. The maximum absolute atomic E-state index is 5.43. The van der Waals surface area contributed by atoms with Gasteiger partial charge in [-0.05, 0) is 46.2 Å². The third-order valence-electron chi connectivity index (χ3n) is 3.89. The van der Waals surface area contributed by atoms with E-state index in [1.807, 2.05) is 20.0 Å². The predicted molar refractivity (Wildman–Crippen MR) is 117 cm³/mol. The molecule has 0 fully saturated rings. The summed E-state index contributed by atoms with van der Waals surface area (Å²) in [6, 6.07) is 4.15. The maximum atomic E-state index is 5.43. The van der Waals surface area contributed by atoms with Crippen LogP contribution in [0.25, 0.3) is 0 Å². The minimum atomic E-state index is -0.233. The molecule has 1 rings (SSSR count). The van der Waals surface area contributed by atoms with E-state index in [0.717, 1.165) is 37.0 Å². The van der Waals surface area contributed by atoms with Crippen molar-refractivity contribution >= 4 is 35.8 Å². The van der Waals surface area contributed by atoms with Crippen LogP contribution in [-0.2, 0) is 11.3 Å². The van der Waals surface area contributed by atoms with E-state index >= 15 is 0 Å². The molecule has 0 aliphatic heterocycles. The van der Waals surface area contributed by atoms with Gasteiger partial charge in [-0.2, -0.15) is 0 Å². The molecule has 6 nitrogen and oxygen atoms in total. The molecule has 0 amide bonds. The molecule has 1 aromatic heterocycles. The van der Waals surface area contributed by atoms with Gasteiger partial charge >= 0.3 is 0 Å². The highest BCUT2D eigenvalue weighted by Crippen LogP contribution is 2.11. The molecule has 0 aliphatic carbocycles. The highest BCUT2D eigenvalue weighted by atomic mass is 127. The third-order valence-corrected chi connectivity index (χ3v) is 3.89. The molecule has 7 heteroatoms. The summed E-state index contributed by atoms with van der Waals surface area (Å²) in [7, 11) is 1.72. The molecule has 0 unspecified atom stereocenters. The van der Waals surface area contributed by atoms with Crippen LogP contribution in [0.3, 0.4) is 0 Å². The number of nitrogens with zero attached hydrogens (tertiary/aromatic N) is 3. The van der Waals surface area contributed by atoms with Crippen molar-refractivity contribution in [3.8, 4) is 0 Å². The van der Waals surface area contributed by atoms with Gasteiger partial charge in [0.15, 0.2) is 5.96 Å². The standard InChI is InChI=1S/C18H33N5O.HI/c1-7-19-17(22-14-18(4,5)24-6)21-13-15-10-11-16(20-12-15)23(8-2)9-3;/h10-12H,7-9,13-14H2,1-6H3,(H2,19,21,22);1H. The van der Waals surface area contributed by atoms with Gasteiger partial charge in [-0.25, -0.2) is 9.98 Å². The lowest BCUT2D eigenvalue weighted by molar-refractivity contribution is 0.0268. The Kier molecular flexibility index (Phi) is 11.8. The highest BCUT2D eigenvalue weighted by Gasteiger charge is 2.16. The molecule has 1 heterocycles. The number of hydrogen-bond donors (Lipinski definition) is 2. The molecule has 0 radical (unpaired) electrons. The SMILES string of the molecule is CCNC(=NCc1ccc(N(CC)CC)nc1)NCC(C)(C)OC.I. The van der Waals surface area contributed by atoms with E-state index in [1.165, 1.54) is 0 Å². The van der Waals surface area contributed by atoms with Crippen molar-refractivity contribution in [3.05, 3.63) is 23.9 Å². The number of guanidine groups is 1. The summed E-state index contributed by atoms with van der Waals surface area (Å²) in [5.74, 6) is 1.80. The van der Waals surface area contributed by atoms with Gasteiger partial charge in [0.05, 0.1) is 12.1 Å². The first-order valence-corrected chi connectivity index (χ1v) is 8.72. The van der Waals surface area contributed by atoms with Crippen LogP contribution in [0.5, 0.6) is 0 Å². The van der Waals surface area contributed by atoms with Crippen molar-refractivity contribution in [1.29, 1.82) is 0 Å². The Labute approximate surface area is 169 Å². The zero-order valence-corrected chi connectivity index (χ0v) is 18.8.